The van der Waals surface area contributed by atoms with Gasteiger partial charge in [-0.1, -0.05) is 25.7 Å². The largest absolute Gasteiger partial charge is 0.438 e. The zero-order valence-corrected chi connectivity index (χ0v) is 7.38. The Labute approximate surface area is 69.6 Å². The van der Waals surface area contributed by atoms with E-state index in [0.29, 0.717) is 6.92 Å². The predicted molar refractivity (Wildman–Crippen MR) is 47.8 cm³/mol. The van der Waals surface area contributed by atoms with Crippen LogP contribution in [-0.2, 0) is 4.65 Å². The molecule has 0 spiro atoms. The molecule has 1 nitrogen and oxygen atoms in total. The third kappa shape index (κ3) is 1.46. The highest BCUT2D eigenvalue weighted by molar-refractivity contribution is 6.52. The van der Waals surface area contributed by atoms with Crippen LogP contribution in [0, 0.1) is 11.8 Å². The van der Waals surface area contributed by atoms with Crippen LogP contribution in [0.1, 0.15) is 25.7 Å². The number of hydrogen-bond donors (Lipinski definition) is 0. The van der Waals surface area contributed by atoms with E-state index in [-0.39, 0.29) is 0 Å². The van der Waals surface area contributed by atoms with Crippen LogP contribution in [0.15, 0.2) is 0 Å². The van der Waals surface area contributed by atoms with Crippen molar-refractivity contribution >= 4 is 6.92 Å². The van der Waals surface area contributed by atoms with E-state index in [2.05, 4.69) is 0 Å². The zero-order chi connectivity index (χ0) is 7.68. The topological polar surface area (TPSA) is 9.23 Å². The Morgan fingerprint density at radius 2 is 1.64 bits per heavy atom. The van der Waals surface area contributed by atoms with Gasteiger partial charge >= 0.3 is 0 Å². The average Bonchev–Trinajstić information content (AvgIpc) is 2.46. The third-order valence-corrected chi connectivity index (χ3v) is 3.53. The first-order valence-electron chi connectivity index (χ1n) is 4.93. The summed E-state index contributed by atoms with van der Waals surface area (Å²) in [7, 11) is 1.86. The van der Waals surface area contributed by atoms with Crippen LogP contribution in [-0.4, -0.2) is 14.0 Å². The van der Waals surface area contributed by atoms with E-state index in [1.165, 1.54) is 38.3 Å². The van der Waals surface area contributed by atoms with E-state index in [1.807, 2.05) is 7.11 Å². The van der Waals surface area contributed by atoms with Crippen molar-refractivity contribution in [2.45, 2.75) is 38.3 Å². The molecule has 1 aliphatic heterocycles. The SMILES string of the molecule is COB1CC2CCCCC2C1. The van der Waals surface area contributed by atoms with Gasteiger partial charge in [-0.05, 0) is 24.5 Å². The van der Waals surface area contributed by atoms with Crippen molar-refractivity contribution in [2.75, 3.05) is 7.11 Å². The van der Waals surface area contributed by atoms with Crippen LogP contribution in [0.3, 0.4) is 0 Å². The second-order valence-electron chi connectivity index (χ2n) is 4.13. The normalized spacial score (nSPS) is 37.4. The van der Waals surface area contributed by atoms with Gasteiger partial charge in [-0.15, -0.1) is 0 Å². The second kappa shape index (κ2) is 3.18. The molecule has 1 aliphatic carbocycles. The molecule has 1 saturated carbocycles. The minimum Gasteiger partial charge on any atom is -0.438 e. The molecule has 0 radical (unpaired) electrons. The Morgan fingerprint density at radius 3 is 2.09 bits per heavy atom. The Balaban J connectivity index is 1.92. The molecule has 2 rings (SSSR count). The van der Waals surface area contributed by atoms with Crippen LogP contribution >= 0.6 is 0 Å². The molecule has 0 N–H and O–H groups in total. The molecule has 2 atom stereocenters. The third-order valence-electron chi connectivity index (χ3n) is 3.53. The fourth-order valence-corrected chi connectivity index (χ4v) is 2.87. The molecule has 0 aromatic carbocycles. The number of hydrogen-bond acceptors (Lipinski definition) is 1. The number of fused-ring (bicyclic) bond motifs is 1. The first kappa shape index (κ1) is 7.66. The Hall–Kier alpha value is 0.0249. The van der Waals surface area contributed by atoms with Crippen molar-refractivity contribution in [3.05, 3.63) is 0 Å². The highest BCUT2D eigenvalue weighted by Gasteiger charge is 2.37. The minimum atomic E-state index is 0.600. The summed E-state index contributed by atoms with van der Waals surface area (Å²) in [5.41, 5.74) is 0. The lowest BCUT2D eigenvalue weighted by Crippen LogP contribution is -2.11. The molecule has 1 heterocycles. The summed E-state index contributed by atoms with van der Waals surface area (Å²) in [5.74, 6) is 2.04. The lowest BCUT2D eigenvalue weighted by atomic mass is 9.65. The van der Waals surface area contributed by atoms with Crippen LogP contribution in [0.2, 0.25) is 12.6 Å². The molecule has 0 aromatic rings. The van der Waals surface area contributed by atoms with Crippen LogP contribution in [0.4, 0.5) is 0 Å². The van der Waals surface area contributed by atoms with Crippen molar-refractivity contribution in [1.29, 1.82) is 0 Å². The van der Waals surface area contributed by atoms with E-state index in [0.717, 1.165) is 11.8 Å². The first-order chi connectivity index (χ1) is 5.40. The molecule has 2 unspecified atom stereocenters. The summed E-state index contributed by atoms with van der Waals surface area (Å²) < 4.78 is 5.40. The van der Waals surface area contributed by atoms with Gasteiger partial charge in [0.2, 0.25) is 0 Å². The molecule has 0 aromatic heterocycles. The molecule has 62 valence electrons. The van der Waals surface area contributed by atoms with Crippen LogP contribution in [0.5, 0.6) is 0 Å². The van der Waals surface area contributed by atoms with Crippen molar-refractivity contribution in [1.82, 2.24) is 0 Å². The lowest BCUT2D eigenvalue weighted by Gasteiger charge is -2.24. The quantitative estimate of drug-likeness (QED) is 0.524. The summed E-state index contributed by atoms with van der Waals surface area (Å²) in [6.07, 6.45) is 8.59. The average molecular weight is 152 g/mol. The fourth-order valence-electron chi connectivity index (χ4n) is 2.87. The van der Waals surface area contributed by atoms with Gasteiger partial charge in [0.05, 0.1) is 0 Å². The van der Waals surface area contributed by atoms with Gasteiger partial charge in [-0.25, -0.2) is 0 Å². The van der Waals surface area contributed by atoms with Crippen molar-refractivity contribution < 1.29 is 4.65 Å². The highest BCUT2D eigenvalue weighted by Crippen LogP contribution is 2.42. The van der Waals surface area contributed by atoms with Gasteiger partial charge in [0.25, 0.3) is 6.92 Å². The molecule has 1 saturated heterocycles. The summed E-state index contributed by atoms with van der Waals surface area (Å²) in [5, 5.41) is 0. The van der Waals surface area contributed by atoms with Gasteiger partial charge in [0, 0.05) is 7.11 Å². The first-order valence-corrected chi connectivity index (χ1v) is 4.93. The molecule has 2 fully saturated rings. The lowest BCUT2D eigenvalue weighted by molar-refractivity contribution is 0.294. The van der Waals surface area contributed by atoms with E-state index in [1.54, 1.807) is 0 Å². The van der Waals surface area contributed by atoms with E-state index in [9.17, 15) is 0 Å². The summed E-state index contributed by atoms with van der Waals surface area (Å²) in [6.45, 7) is 0.600. The standard InChI is InChI=1S/C9H17BO/c1-11-10-6-8-4-2-3-5-9(8)7-10/h8-9H,2-7H2,1H3. The van der Waals surface area contributed by atoms with E-state index >= 15 is 0 Å². The monoisotopic (exact) mass is 152 g/mol. The Morgan fingerprint density at radius 1 is 1.09 bits per heavy atom. The Kier molecular flexibility index (Phi) is 2.21. The minimum absolute atomic E-state index is 0.600. The van der Waals surface area contributed by atoms with Gasteiger partial charge < -0.3 is 4.65 Å². The maximum atomic E-state index is 5.40. The molecule has 0 amide bonds. The summed E-state index contributed by atoms with van der Waals surface area (Å²) in [6, 6.07) is 0. The van der Waals surface area contributed by atoms with Gasteiger partial charge in [-0.3, -0.25) is 0 Å². The smallest absolute Gasteiger partial charge is 0.293 e. The Bertz CT molecular complexity index is 124. The van der Waals surface area contributed by atoms with Gasteiger partial charge in [0.15, 0.2) is 0 Å². The fraction of sp³-hybridized carbons (Fsp3) is 1.00. The maximum absolute atomic E-state index is 5.40. The summed E-state index contributed by atoms with van der Waals surface area (Å²) in [4.78, 5) is 0. The molecular formula is C9H17BO. The molecular weight excluding hydrogens is 135 g/mol. The molecule has 11 heavy (non-hydrogen) atoms. The summed E-state index contributed by atoms with van der Waals surface area (Å²) >= 11 is 0. The highest BCUT2D eigenvalue weighted by atomic mass is 16.4. The van der Waals surface area contributed by atoms with Gasteiger partial charge in [0.1, 0.15) is 0 Å². The predicted octanol–water partition coefficient (Wildman–Crippen LogP) is 2.44. The maximum Gasteiger partial charge on any atom is 0.293 e. The van der Waals surface area contributed by atoms with Crippen molar-refractivity contribution in [3.8, 4) is 0 Å². The molecule has 0 bridgehead atoms. The second-order valence-corrected chi connectivity index (χ2v) is 4.13. The zero-order valence-electron chi connectivity index (χ0n) is 7.38. The van der Waals surface area contributed by atoms with Crippen LogP contribution in [0.25, 0.3) is 0 Å². The van der Waals surface area contributed by atoms with Crippen LogP contribution < -0.4 is 0 Å². The van der Waals surface area contributed by atoms with Crippen molar-refractivity contribution in [3.63, 3.8) is 0 Å². The molecule has 2 heteroatoms. The van der Waals surface area contributed by atoms with Gasteiger partial charge in [-0.2, -0.15) is 0 Å². The molecule has 2 aliphatic rings. The van der Waals surface area contributed by atoms with E-state index < -0.39 is 0 Å². The van der Waals surface area contributed by atoms with Crippen molar-refractivity contribution in [2.24, 2.45) is 11.8 Å². The van der Waals surface area contributed by atoms with E-state index in [4.69, 9.17) is 4.65 Å². The number of rotatable bonds is 1.